The van der Waals surface area contributed by atoms with Crippen LogP contribution in [-0.2, 0) is 4.74 Å². The van der Waals surface area contributed by atoms with Crippen LogP contribution >= 0.6 is 23.2 Å². The second kappa shape index (κ2) is 11.0. The first-order chi connectivity index (χ1) is 13.5. The van der Waals surface area contributed by atoms with E-state index in [9.17, 15) is 15.3 Å². The van der Waals surface area contributed by atoms with Gasteiger partial charge in [-0.2, -0.15) is 0 Å². The Labute approximate surface area is 176 Å². The van der Waals surface area contributed by atoms with Crippen LogP contribution in [0, 0.1) is 0 Å². The maximum atomic E-state index is 10.3. The van der Waals surface area contributed by atoms with Crippen LogP contribution in [0.5, 0.6) is 0 Å². The Kier molecular flexibility index (Phi) is 8.96. The van der Waals surface area contributed by atoms with Crippen molar-refractivity contribution in [2.75, 3.05) is 6.61 Å². The predicted molar refractivity (Wildman–Crippen MR) is 115 cm³/mol. The highest BCUT2D eigenvalue weighted by atomic mass is 35.5. The van der Waals surface area contributed by atoms with E-state index >= 15 is 0 Å². The van der Waals surface area contributed by atoms with E-state index in [2.05, 4.69) is 0 Å². The van der Waals surface area contributed by atoms with Gasteiger partial charge in [0.1, 0.15) is 12.2 Å². The minimum Gasteiger partial charge on any atom is -0.394 e. The topological polar surface area (TPSA) is 69.9 Å². The molecule has 0 aromatic heterocycles. The average molecular weight is 425 g/mol. The van der Waals surface area contributed by atoms with Gasteiger partial charge in [0.2, 0.25) is 0 Å². The summed E-state index contributed by atoms with van der Waals surface area (Å²) in [5.41, 5.74) is 2.51. The highest BCUT2D eigenvalue weighted by molar-refractivity contribution is 6.34. The lowest BCUT2D eigenvalue weighted by Gasteiger charge is -2.36. The summed E-state index contributed by atoms with van der Waals surface area (Å²) in [6.07, 6.45) is 0.850. The molecule has 3 unspecified atom stereocenters. The normalized spacial score (nSPS) is 24.7. The summed E-state index contributed by atoms with van der Waals surface area (Å²) in [6.45, 7) is 3.80. The maximum Gasteiger partial charge on any atom is 0.111 e. The first-order valence-electron chi connectivity index (χ1n) is 9.33. The van der Waals surface area contributed by atoms with Gasteiger partial charge in [0, 0.05) is 16.5 Å². The van der Waals surface area contributed by atoms with Crippen LogP contribution in [0.1, 0.15) is 43.1 Å². The van der Waals surface area contributed by atoms with Gasteiger partial charge in [-0.3, -0.25) is 0 Å². The van der Waals surface area contributed by atoms with Crippen LogP contribution in [0.2, 0.25) is 10.0 Å². The van der Waals surface area contributed by atoms with Crippen molar-refractivity contribution in [3.8, 4) is 0 Å². The molecule has 2 aromatic rings. The second-order valence-electron chi connectivity index (χ2n) is 6.36. The van der Waals surface area contributed by atoms with Crippen molar-refractivity contribution in [3.63, 3.8) is 0 Å². The Morgan fingerprint density at radius 3 is 2.29 bits per heavy atom. The molecule has 152 valence electrons. The molecule has 0 spiro atoms. The first-order valence-corrected chi connectivity index (χ1v) is 10.1. The Hall–Kier alpha value is -1.40. The summed E-state index contributed by atoms with van der Waals surface area (Å²) in [6, 6.07) is 12.8. The number of halogens is 2. The maximum absolute atomic E-state index is 10.3. The van der Waals surface area contributed by atoms with Crippen molar-refractivity contribution >= 4 is 35.4 Å². The molecule has 6 heteroatoms. The summed E-state index contributed by atoms with van der Waals surface area (Å²) >= 11 is 12.0. The lowest BCUT2D eigenvalue weighted by Crippen LogP contribution is -2.44. The lowest BCUT2D eigenvalue weighted by molar-refractivity contribution is -0.179. The SMILES string of the molecule is CC.OCC1CC(O)C(O)[C@@H](c2cccc(/C=C\c3cc(Cl)cc(Cl)c3)c2)O1. The minimum absolute atomic E-state index is 0.199. The van der Waals surface area contributed by atoms with Crippen molar-refractivity contribution in [1.82, 2.24) is 0 Å². The van der Waals surface area contributed by atoms with E-state index in [1.165, 1.54) is 0 Å². The molecule has 1 aliphatic heterocycles. The zero-order valence-electron chi connectivity index (χ0n) is 15.9. The second-order valence-corrected chi connectivity index (χ2v) is 7.23. The quantitative estimate of drug-likeness (QED) is 0.620. The van der Waals surface area contributed by atoms with Gasteiger partial charge in [0.15, 0.2) is 0 Å². The number of aliphatic hydroxyl groups excluding tert-OH is 3. The molecule has 1 heterocycles. The molecule has 0 bridgehead atoms. The van der Waals surface area contributed by atoms with Gasteiger partial charge < -0.3 is 20.1 Å². The summed E-state index contributed by atoms with van der Waals surface area (Å²) in [4.78, 5) is 0. The molecular weight excluding hydrogens is 399 g/mol. The monoisotopic (exact) mass is 424 g/mol. The molecule has 0 aliphatic carbocycles. The molecule has 2 aromatic carbocycles. The molecule has 0 amide bonds. The van der Waals surface area contributed by atoms with Crippen LogP contribution in [0.15, 0.2) is 42.5 Å². The van der Waals surface area contributed by atoms with E-state index < -0.39 is 24.4 Å². The Morgan fingerprint density at radius 1 is 1.00 bits per heavy atom. The Balaban J connectivity index is 0.00000136. The highest BCUT2D eigenvalue weighted by Crippen LogP contribution is 2.32. The zero-order chi connectivity index (χ0) is 20.7. The summed E-state index contributed by atoms with van der Waals surface area (Å²) < 4.78 is 5.73. The molecule has 1 fully saturated rings. The lowest BCUT2D eigenvalue weighted by atomic mass is 9.92. The molecule has 4 atom stereocenters. The van der Waals surface area contributed by atoms with Gasteiger partial charge in [-0.1, -0.05) is 67.4 Å². The van der Waals surface area contributed by atoms with Crippen molar-refractivity contribution in [2.24, 2.45) is 0 Å². The van der Waals surface area contributed by atoms with E-state index in [4.69, 9.17) is 27.9 Å². The number of aliphatic hydroxyl groups is 3. The molecular formula is C22H26Cl2O4. The number of benzene rings is 2. The van der Waals surface area contributed by atoms with Crippen LogP contribution in [0.4, 0.5) is 0 Å². The zero-order valence-corrected chi connectivity index (χ0v) is 17.4. The largest absolute Gasteiger partial charge is 0.394 e. The van der Waals surface area contributed by atoms with Gasteiger partial charge in [0.25, 0.3) is 0 Å². The molecule has 1 saturated heterocycles. The molecule has 4 nitrogen and oxygen atoms in total. The molecule has 3 rings (SSSR count). The van der Waals surface area contributed by atoms with Crippen LogP contribution < -0.4 is 0 Å². The van der Waals surface area contributed by atoms with Gasteiger partial charge in [-0.05, 0) is 41.0 Å². The van der Waals surface area contributed by atoms with E-state index in [1.807, 2.05) is 62.4 Å². The van der Waals surface area contributed by atoms with Gasteiger partial charge >= 0.3 is 0 Å². The van der Waals surface area contributed by atoms with E-state index in [1.54, 1.807) is 6.07 Å². The molecule has 1 aliphatic rings. The van der Waals surface area contributed by atoms with Crippen LogP contribution in [0.25, 0.3) is 12.2 Å². The predicted octanol–water partition coefficient (Wildman–Crippen LogP) is 4.73. The third-order valence-corrected chi connectivity index (χ3v) is 4.78. The fourth-order valence-corrected chi connectivity index (χ4v) is 3.59. The van der Waals surface area contributed by atoms with Gasteiger partial charge in [-0.25, -0.2) is 0 Å². The smallest absolute Gasteiger partial charge is 0.111 e. The molecule has 3 N–H and O–H groups in total. The Bertz CT molecular complexity index is 774. The van der Waals surface area contributed by atoms with Crippen molar-refractivity contribution in [2.45, 2.75) is 44.7 Å². The molecule has 0 saturated carbocycles. The average Bonchev–Trinajstić information content (AvgIpc) is 2.69. The number of rotatable bonds is 4. The minimum atomic E-state index is -1.04. The standard InChI is InChI=1S/C20H20Cl2O4.C2H6/c21-15-7-13(8-16(22)9-15)5-4-12-2-1-3-14(6-12)20-19(25)18(24)10-17(11-23)26-20;1-2/h1-9,17-20,23-25H,10-11H2;1-2H3/b5-4-;/t17?,18?,19?,20-;/m1./s1. The van der Waals surface area contributed by atoms with Gasteiger partial charge in [0.05, 0.1) is 18.8 Å². The van der Waals surface area contributed by atoms with Crippen molar-refractivity contribution < 1.29 is 20.1 Å². The summed E-state index contributed by atoms with van der Waals surface area (Å²) in [5, 5.41) is 30.7. The van der Waals surface area contributed by atoms with Crippen LogP contribution in [-0.4, -0.2) is 40.2 Å². The van der Waals surface area contributed by atoms with Crippen molar-refractivity contribution in [1.29, 1.82) is 0 Å². The third kappa shape index (κ3) is 6.05. The fraction of sp³-hybridized carbons (Fsp3) is 0.364. The van der Waals surface area contributed by atoms with E-state index in [-0.39, 0.29) is 13.0 Å². The number of hydrogen-bond acceptors (Lipinski definition) is 4. The van der Waals surface area contributed by atoms with E-state index in [0.717, 1.165) is 16.7 Å². The third-order valence-electron chi connectivity index (χ3n) is 4.34. The summed E-state index contributed by atoms with van der Waals surface area (Å²) in [7, 11) is 0. The number of hydrogen-bond donors (Lipinski definition) is 3. The molecule has 0 radical (unpaired) electrons. The van der Waals surface area contributed by atoms with Crippen molar-refractivity contribution in [3.05, 3.63) is 69.2 Å². The van der Waals surface area contributed by atoms with E-state index in [0.29, 0.717) is 10.0 Å². The fourth-order valence-electron chi connectivity index (χ4n) is 3.05. The number of ether oxygens (including phenoxy) is 1. The van der Waals surface area contributed by atoms with Gasteiger partial charge in [-0.15, -0.1) is 0 Å². The first kappa shape index (κ1) is 22.9. The summed E-state index contributed by atoms with van der Waals surface area (Å²) in [5.74, 6) is 0. The Morgan fingerprint density at radius 2 is 1.64 bits per heavy atom. The highest BCUT2D eigenvalue weighted by Gasteiger charge is 2.37. The molecule has 28 heavy (non-hydrogen) atoms. The van der Waals surface area contributed by atoms with Crippen LogP contribution in [0.3, 0.4) is 0 Å².